The van der Waals surface area contributed by atoms with Crippen LogP contribution < -0.4 is 5.32 Å². The van der Waals surface area contributed by atoms with Crippen molar-refractivity contribution >= 4 is 0 Å². The lowest BCUT2D eigenvalue weighted by molar-refractivity contribution is 0.402. The second-order valence-electron chi connectivity index (χ2n) is 6.29. The molecular weight excluding hydrogens is 246 g/mol. The molecule has 1 unspecified atom stereocenters. The Hall–Kier alpha value is -0.830. The minimum atomic E-state index is 0.630. The van der Waals surface area contributed by atoms with Gasteiger partial charge in [0.05, 0.1) is 6.20 Å². The van der Waals surface area contributed by atoms with Crippen LogP contribution in [0.5, 0.6) is 0 Å². The van der Waals surface area contributed by atoms with Crippen molar-refractivity contribution in [3.05, 3.63) is 18.0 Å². The van der Waals surface area contributed by atoms with Crippen LogP contribution in [0.1, 0.15) is 64.4 Å². The van der Waals surface area contributed by atoms with Crippen molar-refractivity contribution < 1.29 is 0 Å². The molecule has 1 aliphatic carbocycles. The molecule has 2 rings (SSSR count). The molecule has 1 fully saturated rings. The Labute approximate surface area is 124 Å². The van der Waals surface area contributed by atoms with Crippen molar-refractivity contribution in [2.75, 3.05) is 6.54 Å². The van der Waals surface area contributed by atoms with Crippen molar-refractivity contribution in [3.8, 4) is 0 Å². The van der Waals surface area contributed by atoms with Crippen LogP contribution in [0.15, 0.2) is 12.4 Å². The Morgan fingerprint density at radius 2 is 2.15 bits per heavy atom. The average Bonchev–Trinajstić information content (AvgIpc) is 3.13. The Morgan fingerprint density at radius 1 is 1.35 bits per heavy atom. The summed E-state index contributed by atoms with van der Waals surface area (Å²) in [4.78, 5) is 0. The molecule has 0 radical (unpaired) electrons. The molecule has 114 valence electrons. The SMILES string of the molecule is CCCNC(CCC1CCCC1)Cc1cnn(CC)c1. The van der Waals surface area contributed by atoms with Gasteiger partial charge in [-0.1, -0.05) is 32.6 Å². The molecule has 1 heterocycles. The molecule has 1 N–H and O–H groups in total. The standard InChI is InChI=1S/C17H31N3/c1-3-11-18-17(10-9-15-7-5-6-8-15)12-16-13-19-20(4-2)14-16/h13-15,17-18H,3-12H2,1-2H3. The van der Waals surface area contributed by atoms with E-state index in [4.69, 9.17) is 0 Å². The third kappa shape index (κ3) is 4.93. The van der Waals surface area contributed by atoms with Crippen LogP contribution in [0.4, 0.5) is 0 Å². The molecular formula is C17H31N3. The Morgan fingerprint density at radius 3 is 2.80 bits per heavy atom. The van der Waals surface area contributed by atoms with Gasteiger partial charge in [0.2, 0.25) is 0 Å². The third-order valence-electron chi connectivity index (χ3n) is 4.57. The number of nitrogens with one attached hydrogen (secondary N) is 1. The highest BCUT2D eigenvalue weighted by molar-refractivity contribution is 5.06. The Bertz CT molecular complexity index is 366. The maximum absolute atomic E-state index is 4.39. The average molecular weight is 277 g/mol. The summed E-state index contributed by atoms with van der Waals surface area (Å²) < 4.78 is 2.03. The van der Waals surface area contributed by atoms with E-state index >= 15 is 0 Å². The molecule has 0 spiro atoms. The minimum absolute atomic E-state index is 0.630. The predicted octanol–water partition coefficient (Wildman–Crippen LogP) is 3.78. The van der Waals surface area contributed by atoms with Crippen molar-refractivity contribution in [2.24, 2.45) is 5.92 Å². The van der Waals surface area contributed by atoms with Gasteiger partial charge in [-0.2, -0.15) is 5.10 Å². The van der Waals surface area contributed by atoms with Gasteiger partial charge in [0.25, 0.3) is 0 Å². The highest BCUT2D eigenvalue weighted by atomic mass is 15.3. The summed E-state index contributed by atoms with van der Waals surface area (Å²) in [6, 6.07) is 0.630. The molecule has 0 aromatic carbocycles. The summed E-state index contributed by atoms with van der Waals surface area (Å²) in [6.07, 6.45) is 15.2. The van der Waals surface area contributed by atoms with E-state index < -0.39 is 0 Å². The van der Waals surface area contributed by atoms with Gasteiger partial charge in [-0.3, -0.25) is 4.68 Å². The first kappa shape index (κ1) is 15.6. The molecule has 0 aliphatic heterocycles. The van der Waals surface area contributed by atoms with Gasteiger partial charge >= 0.3 is 0 Å². The van der Waals surface area contributed by atoms with Gasteiger partial charge in [-0.15, -0.1) is 0 Å². The molecule has 1 aromatic heterocycles. The second kappa shape index (κ2) is 8.46. The van der Waals surface area contributed by atoms with Crippen LogP contribution in [-0.2, 0) is 13.0 Å². The summed E-state index contributed by atoms with van der Waals surface area (Å²) in [7, 11) is 0. The summed E-state index contributed by atoms with van der Waals surface area (Å²) in [5.74, 6) is 0.999. The first-order chi connectivity index (χ1) is 9.81. The molecule has 1 saturated carbocycles. The molecule has 20 heavy (non-hydrogen) atoms. The summed E-state index contributed by atoms with van der Waals surface area (Å²) in [5, 5.41) is 8.13. The first-order valence-electron chi connectivity index (χ1n) is 8.56. The molecule has 3 nitrogen and oxygen atoms in total. The molecule has 1 aliphatic rings. The van der Waals surface area contributed by atoms with E-state index in [9.17, 15) is 0 Å². The van der Waals surface area contributed by atoms with Crippen LogP contribution in [0.3, 0.4) is 0 Å². The monoisotopic (exact) mass is 277 g/mol. The summed E-state index contributed by atoms with van der Waals surface area (Å²) in [6.45, 7) is 6.49. The summed E-state index contributed by atoms with van der Waals surface area (Å²) in [5.41, 5.74) is 1.38. The quantitative estimate of drug-likeness (QED) is 0.744. The van der Waals surface area contributed by atoms with Gasteiger partial charge in [-0.25, -0.2) is 0 Å². The highest BCUT2D eigenvalue weighted by Gasteiger charge is 2.17. The fraction of sp³-hybridized carbons (Fsp3) is 0.824. The van der Waals surface area contributed by atoms with Crippen molar-refractivity contribution in [1.82, 2.24) is 15.1 Å². The Balaban J connectivity index is 1.81. The molecule has 0 bridgehead atoms. The number of rotatable bonds is 9. The fourth-order valence-electron chi connectivity index (χ4n) is 3.33. The van der Waals surface area contributed by atoms with Crippen LogP contribution in [-0.4, -0.2) is 22.4 Å². The number of hydrogen-bond donors (Lipinski definition) is 1. The van der Waals surface area contributed by atoms with Crippen LogP contribution in [0, 0.1) is 5.92 Å². The molecule has 3 heteroatoms. The fourth-order valence-corrected chi connectivity index (χ4v) is 3.33. The maximum atomic E-state index is 4.39. The lowest BCUT2D eigenvalue weighted by atomic mass is 9.96. The van der Waals surface area contributed by atoms with Crippen LogP contribution in [0.25, 0.3) is 0 Å². The van der Waals surface area contributed by atoms with Gasteiger partial charge in [0.15, 0.2) is 0 Å². The van der Waals surface area contributed by atoms with E-state index in [1.165, 1.54) is 50.5 Å². The normalized spacial score (nSPS) is 17.7. The van der Waals surface area contributed by atoms with Gasteiger partial charge in [0, 0.05) is 18.8 Å². The molecule has 1 aromatic rings. The number of nitrogens with zero attached hydrogens (tertiary/aromatic N) is 2. The summed E-state index contributed by atoms with van der Waals surface area (Å²) >= 11 is 0. The molecule has 0 saturated heterocycles. The van der Waals surface area contributed by atoms with Crippen molar-refractivity contribution in [3.63, 3.8) is 0 Å². The van der Waals surface area contributed by atoms with Gasteiger partial charge in [0.1, 0.15) is 0 Å². The number of aryl methyl sites for hydroxylation is 1. The van der Waals surface area contributed by atoms with E-state index in [1.807, 2.05) is 10.9 Å². The van der Waals surface area contributed by atoms with E-state index in [2.05, 4.69) is 30.5 Å². The van der Waals surface area contributed by atoms with Crippen molar-refractivity contribution in [1.29, 1.82) is 0 Å². The lowest BCUT2D eigenvalue weighted by Gasteiger charge is -2.19. The Kier molecular flexibility index (Phi) is 6.58. The van der Waals surface area contributed by atoms with Crippen LogP contribution >= 0.6 is 0 Å². The van der Waals surface area contributed by atoms with Gasteiger partial charge in [-0.05, 0) is 50.6 Å². The van der Waals surface area contributed by atoms with E-state index in [0.717, 1.165) is 25.4 Å². The van der Waals surface area contributed by atoms with Crippen LogP contribution in [0.2, 0.25) is 0 Å². The van der Waals surface area contributed by atoms with E-state index in [0.29, 0.717) is 6.04 Å². The topological polar surface area (TPSA) is 29.9 Å². The van der Waals surface area contributed by atoms with Crippen molar-refractivity contribution in [2.45, 2.75) is 77.8 Å². The zero-order chi connectivity index (χ0) is 14.2. The van der Waals surface area contributed by atoms with E-state index in [1.54, 1.807) is 0 Å². The highest BCUT2D eigenvalue weighted by Crippen LogP contribution is 2.29. The smallest absolute Gasteiger partial charge is 0.0522 e. The minimum Gasteiger partial charge on any atom is -0.314 e. The zero-order valence-electron chi connectivity index (χ0n) is 13.3. The molecule has 0 amide bonds. The first-order valence-corrected chi connectivity index (χ1v) is 8.56. The maximum Gasteiger partial charge on any atom is 0.0522 e. The third-order valence-corrected chi connectivity index (χ3v) is 4.57. The number of hydrogen-bond acceptors (Lipinski definition) is 2. The van der Waals surface area contributed by atoms with Gasteiger partial charge < -0.3 is 5.32 Å². The van der Waals surface area contributed by atoms with E-state index in [-0.39, 0.29) is 0 Å². The predicted molar refractivity (Wildman–Crippen MR) is 84.9 cm³/mol. The number of aromatic nitrogens is 2. The zero-order valence-corrected chi connectivity index (χ0v) is 13.3. The lowest BCUT2D eigenvalue weighted by Crippen LogP contribution is -2.32. The largest absolute Gasteiger partial charge is 0.314 e. The molecule has 1 atom stereocenters. The second-order valence-corrected chi connectivity index (χ2v) is 6.29.